The number of hydrogen-bond donors (Lipinski definition) is 1. The van der Waals surface area contributed by atoms with Crippen LogP contribution in [0.25, 0.3) is 0 Å². The predicted octanol–water partition coefficient (Wildman–Crippen LogP) is 1.24. The summed E-state index contributed by atoms with van der Waals surface area (Å²) in [5.74, 6) is 0. The molecule has 0 spiro atoms. The Balaban J connectivity index is 2.83. The first-order valence-corrected chi connectivity index (χ1v) is 6.80. The SMILES string of the molecule is C[CH2][Zn][CH](O)CC. The van der Waals surface area contributed by atoms with Crippen molar-refractivity contribution in [2.45, 2.75) is 30.0 Å². The number of rotatable bonds is 3. The molecule has 0 amide bonds. The maximum absolute atomic E-state index is 8.94. The molecule has 0 aromatic heterocycles. The summed E-state index contributed by atoms with van der Waals surface area (Å²) in [6.45, 7) is 4.21. The van der Waals surface area contributed by atoms with Crippen molar-refractivity contribution < 1.29 is 22.2 Å². The van der Waals surface area contributed by atoms with E-state index in [2.05, 4.69) is 6.92 Å². The van der Waals surface area contributed by atoms with Gasteiger partial charge < -0.3 is 0 Å². The maximum atomic E-state index is 8.94. The zero-order valence-electron chi connectivity index (χ0n) is 5.15. The molecule has 7 heavy (non-hydrogen) atoms. The molecule has 1 nitrogen and oxygen atoms in total. The molecular formula is C5H12OZn. The summed E-state index contributed by atoms with van der Waals surface area (Å²) in [5, 5.41) is 10.2. The summed E-state index contributed by atoms with van der Waals surface area (Å²) in [4.78, 5) is 0. The first kappa shape index (κ1) is 7.58. The fourth-order valence-electron chi connectivity index (χ4n) is 0.537. The first-order chi connectivity index (χ1) is 3.31. The molecule has 0 aliphatic rings. The summed E-state index contributed by atoms with van der Waals surface area (Å²) < 4.78 is 0.137. The third-order valence-electron chi connectivity index (χ3n) is 1.09. The average Bonchev–Trinajstić information content (AvgIpc) is 1.68. The van der Waals surface area contributed by atoms with Gasteiger partial charge in [0.25, 0.3) is 0 Å². The summed E-state index contributed by atoms with van der Waals surface area (Å²) >= 11 is -0.467. The second-order valence-electron chi connectivity index (χ2n) is 1.85. The van der Waals surface area contributed by atoms with Crippen molar-refractivity contribution in [2.75, 3.05) is 0 Å². The molecule has 2 heteroatoms. The van der Waals surface area contributed by atoms with Crippen LogP contribution in [0.3, 0.4) is 0 Å². The molecule has 0 aliphatic carbocycles. The Hall–Kier alpha value is 0.583. The van der Waals surface area contributed by atoms with Crippen molar-refractivity contribution in [3.05, 3.63) is 0 Å². The van der Waals surface area contributed by atoms with Gasteiger partial charge in [-0.05, 0) is 0 Å². The van der Waals surface area contributed by atoms with Crippen LogP contribution in [0.4, 0.5) is 0 Å². The quantitative estimate of drug-likeness (QED) is 0.605. The van der Waals surface area contributed by atoms with E-state index in [4.69, 9.17) is 5.11 Å². The molecule has 0 fully saturated rings. The molecule has 1 N–H and O–H groups in total. The van der Waals surface area contributed by atoms with Gasteiger partial charge in [0, 0.05) is 0 Å². The van der Waals surface area contributed by atoms with Crippen LogP contribution >= 0.6 is 0 Å². The average molecular weight is 154 g/mol. The minimum absolute atomic E-state index is 0.137. The number of aliphatic hydroxyl groups excluding tert-OH is 1. The van der Waals surface area contributed by atoms with E-state index >= 15 is 0 Å². The Morgan fingerprint density at radius 1 is 1.57 bits per heavy atom. The zero-order chi connectivity index (χ0) is 5.70. The van der Waals surface area contributed by atoms with Crippen LogP contribution in [-0.4, -0.2) is 9.80 Å². The van der Waals surface area contributed by atoms with Gasteiger partial charge >= 0.3 is 52.2 Å². The molecule has 0 bridgehead atoms. The molecule has 0 aromatic carbocycles. The third kappa shape index (κ3) is 4.44. The van der Waals surface area contributed by atoms with E-state index in [1.807, 2.05) is 6.92 Å². The van der Waals surface area contributed by atoms with Crippen LogP contribution in [0.2, 0.25) is 5.02 Å². The monoisotopic (exact) mass is 152 g/mol. The molecule has 0 saturated carbocycles. The van der Waals surface area contributed by atoms with Gasteiger partial charge in [0.15, 0.2) is 0 Å². The van der Waals surface area contributed by atoms with Gasteiger partial charge in [-0.25, -0.2) is 0 Å². The van der Waals surface area contributed by atoms with Crippen molar-refractivity contribution in [1.82, 2.24) is 0 Å². The predicted molar refractivity (Wildman–Crippen MR) is 26.8 cm³/mol. The summed E-state index contributed by atoms with van der Waals surface area (Å²) in [6.07, 6.45) is 0.980. The van der Waals surface area contributed by atoms with Gasteiger partial charge in [0.1, 0.15) is 0 Å². The van der Waals surface area contributed by atoms with E-state index in [0.29, 0.717) is 0 Å². The van der Waals surface area contributed by atoms with Crippen molar-refractivity contribution >= 4 is 0 Å². The van der Waals surface area contributed by atoms with Crippen molar-refractivity contribution in [3.63, 3.8) is 0 Å². The van der Waals surface area contributed by atoms with E-state index in [1.165, 1.54) is 5.02 Å². The molecule has 1 unspecified atom stereocenters. The van der Waals surface area contributed by atoms with E-state index in [1.54, 1.807) is 0 Å². The molecule has 0 saturated heterocycles. The number of aliphatic hydroxyl groups is 1. The van der Waals surface area contributed by atoms with Crippen LogP contribution in [0.5, 0.6) is 0 Å². The molecule has 0 rings (SSSR count). The van der Waals surface area contributed by atoms with Crippen molar-refractivity contribution in [3.8, 4) is 0 Å². The van der Waals surface area contributed by atoms with Crippen molar-refractivity contribution in [1.29, 1.82) is 0 Å². The fourth-order valence-corrected chi connectivity index (χ4v) is 2.79. The summed E-state index contributed by atoms with van der Waals surface area (Å²) in [7, 11) is 0. The van der Waals surface area contributed by atoms with E-state index in [0.717, 1.165) is 6.42 Å². The Labute approximate surface area is 52.7 Å². The fraction of sp³-hybridized carbons (Fsp3) is 1.00. The molecular weight excluding hydrogens is 141 g/mol. The molecule has 0 aromatic rings. The summed E-state index contributed by atoms with van der Waals surface area (Å²) in [6, 6.07) is 0. The number of hydrogen-bond acceptors (Lipinski definition) is 1. The molecule has 40 valence electrons. The van der Waals surface area contributed by atoms with E-state index < -0.39 is 17.1 Å². The second kappa shape index (κ2) is 4.74. The third-order valence-corrected chi connectivity index (χ3v) is 4.91. The van der Waals surface area contributed by atoms with Crippen LogP contribution in [-0.2, 0) is 17.1 Å². The van der Waals surface area contributed by atoms with Crippen LogP contribution in [0.1, 0.15) is 20.3 Å². The van der Waals surface area contributed by atoms with Gasteiger partial charge in [-0.1, -0.05) is 0 Å². The van der Waals surface area contributed by atoms with Gasteiger partial charge in [-0.3, -0.25) is 0 Å². The van der Waals surface area contributed by atoms with Crippen LogP contribution in [0, 0.1) is 0 Å². The van der Waals surface area contributed by atoms with Crippen LogP contribution in [0.15, 0.2) is 0 Å². The van der Waals surface area contributed by atoms with Crippen molar-refractivity contribution in [2.24, 2.45) is 0 Å². The molecule has 1 atom stereocenters. The Morgan fingerprint density at radius 3 is 2.29 bits per heavy atom. The molecule has 0 aliphatic heterocycles. The standard InChI is InChI=1S/C3H7O.C2H5.Zn/c1-2-3-4;1-2;/h3-4H,2H2,1H3;1H2,2H3;. The Morgan fingerprint density at radius 2 is 2.14 bits per heavy atom. The van der Waals surface area contributed by atoms with E-state index in [9.17, 15) is 0 Å². The van der Waals surface area contributed by atoms with Gasteiger partial charge in [-0.15, -0.1) is 0 Å². The Bertz CT molecular complexity index is 39.1. The normalized spacial score (nSPS) is 13.0. The zero-order valence-corrected chi connectivity index (χ0v) is 8.11. The minimum atomic E-state index is -0.467. The molecule has 0 heterocycles. The first-order valence-electron chi connectivity index (χ1n) is 2.99. The van der Waals surface area contributed by atoms with Gasteiger partial charge in [0.2, 0.25) is 0 Å². The summed E-state index contributed by atoms with van der Waals surface area (Å²) in [5.41, 5.74) is 0. The molecule has 0 radical (unpaired) electrons. The van der Waals surface area contributed by atoms with Gasteiger partial charge in [0.05, 0.1) is 0 Å². The van der Waals surface area contributed by atoms with Gasteiger partial charge in [-0.2, -0.15) is 0 Å². The second-order valence-corrected chi connectivity index (χ2v) is 7.14. The van der Waals surface area contributed by atoms with E-state index in [-0.39, 0.29) is 4.70 Å². The Kier molecular flexibility index (Phi) is 5.13. The van der Waals surface area contributed by atoms with Crippen LogP contribution < -0.4 is 0 Å². The topological polar surface area (TPSA) is 20.2 Å².